The number of aryl methyl sites for hydroxylation is 6. The van der Waals surface area contributed by atoms with Crippen LogP contribution < -0.4 is 29.9 Å². The van der Waals surface area contributed by atoms with Crippen LogP contribution >= 0.6 is 0 Å². The van der Waals surface area contributed by atoms with Gasteiger partial charge in [0.05, 0.1) is 49.7 Å². The van der Waals surface area contributed by atoms with Gasteiger partial charge in [0.1, 0.15) is 17.5 Å². The highest BCUT2D eigenvalue weighted by atomic mass is 32.2. The Bertz CT molecular complexity index is 5340. The van der Waals surface area contributed by atoms with Gasteiger partial charge in [-0.25, -0.2) is 56.2 Å². The fraction of sp³-hybridized carbons (Fsp3) is 0.319. The predicted molar refractivity (Wildman–Crippen MR) is 394 cm³/mol. The Balaban J connectivity index is 0.000000131. The number of aromatic nitrogens is 18. The SMILES string of the molecule is CC(=O)N[C@@H]1CCN(c2nc(-c3cccc(-c4cnn(C)c4)c3)ncc2-c2cnn(C)c2)C1.Cn1cc(-c2cccc(-c3ncc(-c4cnn(C)c4)c(N4CC[C@@H](NS(C)(=O)=O)C4)n3)c2)cn1.Cn1cc(-c2cccc(-c3ncc(-c4cnn(C)c4)c(NC45CC(CNS(C)(=O)=O)(C4)C5)n3)c2)cn1. The van der Waals surface area contributed by atoms with Crippen LogP contribution in [0.2, 0.25) is 0 Å². The Morgan fingerprint density at radius 2 is 0.816 bits per heavy atom. The van der Waals surface area contributed by atoms with Gasteiger partial charge in [0.25, 0.3) is 0 Å². The van der Waals surface area contributed by atoms with Gasteiger partial charge in [-0.15, -0.1) is 0 Å². The molecule has 103 heavy (non-hydrogen) atoms. The van der Waals surface area contributed by atoms with Crippen molar-refractivity contribution in [1.82, 2.24) is 103 Å². The number of hydrogen-bond acceptors (Lipinski definition) is 20. The Morgan fingerprint density at radius 3 is 1.19 bits per heavy atom. The summed E-state index contributed by atoms with van der Waals surface area (Å²) in [6.45, 7) is 4.78. The molecule has 2 atom stereocenters. The van der Waals surface area contributed by atoms with E-state index in [0.29, 0.717) is 50.1 Å². The number of hydrogen-bond donors (Lipinski definition) is 4. The Labute approximate surface area is 596 Å². The zero-order valence-corrected chi connectivity index (χ0v) is 60.2. The number of anilines is 3. The van der Waals surface area contributed by atoms with E-state index in [0.717, 1.165) is 133 Å². The summed E-state index contributed by atoms with van der Waals surface area (Å²) in [6, 6.07) is 24.3. The molecule has 2 bridgehead atoms. The van der Waals surface area contributed by atoms with Crippen LogP contribution in [0.3, 0.4) is 0 Å². The summed E-state index contributed by atoms with van der Waals surface area (Å²) < 4.78 is 62.6. The fourth-order valence-corrected chi connectivity index (χ4v) is 15.6. The lowest BCUT2D eigenvalue weighted by molar-refractivity contribution is -0.119. The lowest BCUT2D eigenvalue weighted by Crippen LogP contribution is -2.73. The van der Waals surface area contributed by atoms with Crippen molar-refractivity contribution in [2.24, 2.45) is 47.7 Å². The summed E-state index contributed by atoms with van der Waals surface area (Å²) in [5, 5.41) is 32.5. The van der Waals surface area contributed by atoms with Crippen LogP contribution in [0.4, 0.5) is 17.5 Å². The summed E-state index contributed by atoms with van der Waals surface area (Å²) >= 11 is 0. The van der Waals surface area contributed by atoms with Crippen LogP contribution in [-0.2, 0) is 67.1 Å². The summed E-state index contributed by atoms with van der Waals surface area (Å²) in [5.41, 5.74) is 14.5. The molecule has 2 saturated heterocycles. The normalized spacial score (nSPS) is 18.3. The highest BCUT2D eigenvalue weighted by Gasteiger charge is 2.68. The maximum atomic E-state index is 11.7. The van der Waals surface area contributed by atoms with Gasteiger partial charge in [0.2, 0.25) is 26.0 Å². The fourth-order valence-electron chi connectivity index (χ4n) is 14.2. The van der Waals surface area contributed by atoms with Gasteiger partial charge in [-0.1, -0.05) is 54.6 Å². The Kier molecular flexibility index (Phi) is 18.7. The number of carbonyl (C=O) groups is 1. The average Bonchev–Trinajstić information content (AvgIpc) is 0.823. The second-order valence-electron chi connectivity index (χ2n) is 27.5. The van der Waals surface area contributed by atoms with E-state index in [4.69, 9.17) is 24.9 Å². The molecule has 530 valence electrons. The molecule has 4 N–H and O–H groups in total. The van der Waals surface area contributed by atoms with Gasteiger partial charge in [-0.3, -0.25) is 32.9 Å². The van der Waals surface area contributed by atoms with Crippen LogP contribution in [0, 0.1) is 5.41 Å². The topological polar surface area (TPSA) is 324 Å². The van der Waals surface area contributed by atoms with Crippen molar-refractivity contribution in [3.05, 3.63) is 166 Å². The number of nitrogens with zero attached hydrogens (tertiary/aromatic N) is 20. The number of amides is 1. The largest absolute Gasteiger partial charge is 0.364 e. The summed E-state index contributed by atoms with van der Waals surface area (Å²) in [5.74, 6) is 4.28. The van der Waals surface area contributed by atoms with E-state index in [1.165, 1.54) is 12.5 Å². The van der Waals surface area contributed by atoms with Gasteiger partial charge < -0.3 is 20.4 Å². The van der Waals surface area contributed by atoms with Crippen molar-refractivity contribution < 1.29 is 21.6 Å². The van der Waals surface area contributed by atoms with Crippen LogP contribution in [0.1, 0.15) is 39.0 Å². The van der Waals surface area contributed by atoms with E-state index in [1.54, 1.807) is 41.2 Å². The average molecular weight is 1430 g/mol. The molecule has 0 unspecified atom stereocenters. The summed E-state index contributed by atoms with van der Waals surface area (Å²) in [7, 11) is 4.87. The molecule has 3 aliphatic carbocycles. The first-order valence-corrected chi connectivity index (χ1v) is 37.4. The zero-order valence-electron chi connectivity index (χ0n) is 58.6. The minimum absolute atomic E-state index is 0.00933. The molecule has 1 amide bonds. The Hall–Kier alpha value is -11.2. The molecular formula is C72H80N24O5S2. The van der Waals surface area contributed by atoms with Crippen molar-refractivity contribution >= 4 is 43.4 Å². The second kappa shape index (κ2) is 28.0. The maximum absolute atomic E-state index is 11.7. The van der Waals surface area contributed by atoms with Crippen LogP contribution in [-0.4, -0.2) is 174 Å². The van der Waals surface area contributed by atoms with Crippen molar-refractivity contribution in [2.45, 2.75) is 56.7 Å². The number of nitrogens with one attached hydrogen (secondary N) is 4. The van der Waals surface area contributed by atoms with E-state index < -0.39 is 20.0 Å². The number of rotatable bonds is 19. The molecule has 9 aromatic heterocycles. The van der Waals surface area contributed by atoms with E-state index in [1.807, 2.05) is 172 Å². The first kappa shape index (κ1) is 69.0. The van der Waals surface area contributed by atoms with Crippen LogP contribution in [0.25, 0.3) is 101 Å². The molecule has 5 fully saturated rings. The molecule has 2 aliphatic heterocycles. The van der Waals surface area contributed by atoms with Gasteiger partial charge in [0.15, 0.2) is 17.5 Å². The molecule has 3 saturated carbocycles. The predicted octanol–water partition coefficient (Wildman–Crippen LogP) is 7.56. The smallest absolute Gasteiger partial charge is 0.217 e. The molecule has 31 heteroatoms. The third kappa shape index (κ3) is 15.8. The third-order valence-electron chi connectivity index (χ3n) is 18.8. The Morgan fingerprint density at radius 1 is 0.456 bits per heavy atom. The molecule has 12 aromatic rings. The minimum Gasteiger partial charge on any atom is -0.364 e. The van der Waals surface area contributed by atoms with Gasteiger partial charge in [-0.05, 0) is 72.4 Å². The molecule has 29 nitrogen and oxygen atoms in total. The molecule has 0 spiro atoms. The van der Waals surface area contributed by atoms with Crippen LogP contribution in [0.5, 0.6) is 0 Å². The van der Waals surface area contributed by atoms with Gasteiger partial charge >= 0.3 is 0 Å². The highest BCUT2D eigenvalue weighted by Crippen LogP contribution is 2.68. The monoisotopic (exact) mass is 1420 g/mol. The molecule has 5 aliphatic rings. The van der Waals surface area contributed by atoms with Crippen molar-refractivity contribution in [1.29, 1.82) is 0 Å². The van der Waals surface area contributed by atoms with Gasteiger partial charge in [0, 0.05) is 222 Å². The first-order valence-electron chi connectivity index (χ1n) is 33.7. The van der Waals surface area contributed by atoms with Crippen molar-refractivity contribution in [3.63, 3.8) is 0 Å². The molecular weight excluding hydrogens is 1350 g/mol. The van der Waals surface area contributed by atoms with E-state index in [9.17, 15) is 21.6 Å². The molecule has 0 radical (unpaired) electrons. The molecule has 3 aromatic carbocycles. The van der Waals surface area contributed by atoms with Crippen molar-refractivity contribution in [2.75, 3.05) is 60.4 Å². The lowest BCUT2D eigenvalue weighted by atomic mass is 9.39. The number of carbonyl (C=O) groups excluding carboxylic acids is 1. The lowest BCUT2D eigenvalue weighted by Gasteiger charge is -2.71. The minimum atomic E-state index is -3.28. The van der Waals surface area contributed by atoms with E-state index in [2.05, 4.69) is 95.8 Å². The first-order chi connectivity index (χ1) is 49.3. The standard InChI is InChI=1S/C25H28N8O2S.C24H26N8O.C23H26N8O2S/c1-32-11-19(8-27-32)17-5-4-6-18(7-17)22-26-10-21(20-9-28-33(2)12-20)23(30-22)31-25-13-24(14-25,15-25)16-29-36(3,34)35;1-16(33)28-21-7-8-32(15-21)24-22(20-11-27-31(3)14-20)12-25-23(29-24)18-6-4-5-17(9-18)19-10-26-30(2)13-19;1-29-13-18(10-25-29)16-5-4-6-17(9-16)22-24-12-21(19-11-26-30(2)14-19)23(27-22)31-8-7-20(15-31)28-34(3,32)33/h4-12,29H,13-16H2,1-3H3,(H,26,30,31);4-6,9-14,21H,7-8,15H2,1-3H3,(H,28,33);4-6,9-14,20,28H,7-8,15H2,1-3H3/t;21-;20-/m.11/s1. The number of benzene rings is 3. The van der Waals surface area contributed by atoms with E-state index in [-0.39, 0.29) is 28.9 Å². The van der Waals surface area contributed by atoms with Crippen molar-refractivity contribution in [3.8, 4) is 101 Å². The molecule has 17 rings (SSSR count). The van der Waals surface area contributed by atoms with Gasteiger partial charge in [-0.2, -0.15) is 30.6 Å². The molecule has 11 heterocycles. The van der Waals surface area contributed by atoms with Crippen LogP contribution in [0.15, 0.2) is 166 Å². The highest BCUT2D eigenvalue weighted by molar-refractivity contribution is 7.89. The second-order valence-corrected chi connectivity index (χ2v) is 31.1. The third-order valence-corrected chi connectivity index (χ3v) is 20.3. The maximum Gasteiger partial charge on any atom is 0.217 e. The van der Waals surface area contributed by atoms with E-state index >= 15 is 0 Å². The number of sulfonamides is 2. The quantitative estimate of drug-likeness (QED) is 0.0606. The zero-order chi connectivity index (χ0) is 72.0. The summed E-state index contributed by atoms with van der Waals surface area (Å²) in [6.07, 6.45) is 35.0. The summed E-state index contributed by atoms with van der Waals surface area (Å²) in [4.78, 5) is 44.9.